The van der Waals surface area contributed by atoms with Gasteiger partial charge in [-0.3, -0.25) is 4.90 Å². The maximum atomic E-state index is 13.6. The fraction of sp³-hybridized carbons (Fsp3) is 0.714. The number of hydrogen-bond donors (Lipinski definition) is 0. The molecule has 0 bridgehead atoms. The molecular weight excluding hydrogens is 748 g/mol. The van der Waals surface area contributed by atoms with Gasteiger partial charge < -0.3 is 43.0 Å². The van der Waals surface area contributed by atoms with E-state index in [9.17, 15) is 13.2 Å². The maximum Gasteiger partial charge on any atom is 0.416 e. The Hall–Kier alpha value is -1.98. The third kappa shape index (κ3) is 15.0. The zero-order chi connectivity index (χ0) is 41.4. The number of fused-ring (bicyclic) bond motifs is 2. The van der Waals surface area contributed by atoms with E-state index in [0.29, 0.717) is 45.3 Å². The van der Waals surface area contributed by atoms with Gasteiger partial charge in [-0.05, 0) is 77.4 Å². The summed E-state index contributed by atoms with van der Waals surface area (Å²) in [5.74, 6) is 0. The number of benzene rings is 2. The third-order valence-electron chi connectivity index (χ3n) is 10.4. The molecule has 4 rings (SSSR count). The standard InChI is InChI=1S/C40H62F3N3O7S.C2H6/c1-38(2,50-8)16-23-53-39(3,4)37(49-7)29-52-28-32(48-6)27-51-26-31(47-5)25-45-21-19-44(20-22-45)17-11-18-46-33-12-9-10-13-35(33)54-36-15-14-30(24-34(36)46)40(41,42)43;1-2/h9-10,12-15,24,31-32,37H,11,16-23,25-29H2,1-8H3;1-2H3. The highest BCUT2D eigenvalue weighted by molar-refractivity contribution is 7.99. The van der Waals surface area contributed by atoms with Crippen LogP contribution >= 0.6 is 11.8 Å². The quantitative estimate of drug-likeness (QED) is 0.110. The summed E-state index contributed by atoms with van der Waals surface area (Å²) in [5.41, 5.74) is 0.161. The molecular formula is C42H68F3N3O7S. The van der Waals surface area contributed by atoms with Crippen molar-refractivity contribution >= 4 is 23.1 Å². The average Bonchev–Trinajstić information content (AvgIpc) is 3.18. The zero-order valence-electron chi connectivity index (χ0n) is 35.4. The highest BCUT2D eigenvalue weighted by Gasteiger charge is 2.34. The predicted octanol–water partition coefficient (Wildman–Crippen LogP) is 8.03. The van der Waals surface area contributed by atoms with Gasteiger partial charge in [0.15, 0.2) is 0 Å². The summed E-state index contributed by atoms with van der Waals surface area (Å²) >= 11 is 1.52. The molecule has 10 nitrogen and oxygen atoms in total. The molecule has 320 valence electrons. The molecule has 3 unspecified atom stereocenters. The van der Waals surface area contributed by atoms with Gasteiger partial charge in [-0.1, -0.05) is 37.7 Å². The van der Waals surface area contributed by atoms with Crippen LogP contribution in [0.25, 0.3) is 0 Å². The summed E-state index contributed by atoms with van der Waals surface area (Å²) in [6, 6.07) is 12.0. The normalized spacial score (nSPS) is 17.1. The van der Waals surface area contributed by atoms with Crippen molar-refractivity contribution in [3.8, 4) is 0 Å². The van der Waals surface area contributed by atoms with Crippen molar-refractivity contribution < 1.29 is 46.3 Å². The summed E-state index contributed by atoms with van der Waals surface area (Å²) in [4.78, 5) is 8.77. The lowest BCUT2D eigenvalue weighted by molar-refractivity contribution is -0.152. The average molecular weight is 816 g/mol. The zero-order valence-corrected chi connectivity index (χ0v) is 36.2. The van der Waals surface area contributed by atoms with Gasteiger partial charge >= 0.3 is 6.18 Å². The highest BCUT2D eigenvalue weighted by Crippen LogP contribution is 2.49. The first kappa shape index (κ1) is 48.4. The first-order valence-electron chi connectivity index (χ1n) is 19.8. The van der Waals surface area contributed by atoms with Crippen LogP contribution in [0.3, 0.4) is 0 Å². The van der Waals surface area contributed by atoms with Gasteiger partial charge in [0.2, 0.25) is 0 Å². The molecule has 0 radical (unpaired) electrons. The largest absolute Gasteiger partial charge is 0.416 e. The molecule has 2 heterocycles. The second-order valence-corrected chi connectivity index (χ2v) is 16.2. The lowest BCUT2D eigenvalue weighted by atomic mass is 10.0. The SMILES string of the molecule is CC.COC(COCC(CN1CCN(CCCN2c3ccccc3Sc3ccc(C(F)(F)F)cc32)CC1)OC)COCC(OC)C(C)(C)OCCC(C)(C)OC. The Bertz CT molecular complexity index is 1410. The molecule has 2 aliphatic rings. The molecule has 0 N–H and O–H groups in total. The Kier molecular flexibility index (Phi) is 20.4. The van der Waals surface area contributed by atoms with Gasteiger partial charge in [0.1, 0.15) is 12.2 Å². The number of anilines is 2. The van der Waals surface area contributed by atoms with Crippen molar-refractivity contribution in [1.82, 2.24) is 9.80 Å². The van der Waals surface area contributed by atoms with Crippen molar-refractivity contribution in [2.24, 2.45) is 0 Å². The molecule has 1 fully saturated rings. The molecule has 0 amide bonds. The Labute approximate surface area is 338 Å². The molecule has 14 heteroatoms. The molecule has 2 aliphatic heterocycles. The van der Waals surface area contributed by atoms with Crippen LogP contribution in [0.2, 0.25) is 0 Å². The van der Waals surface area contributed by atoms with Crippen molar-refractivity contribution in [1.29, 1.82) is 0 Å². The van der Waals surface area contributed by atoms with E-state index in [0.717, 1.165) is 67.6 Å². The van der Waals surface area contributed by atoms with Gasteiger partial charge in [-0.25, -0.2) is 0 Å². The van der Waals surface area contributed by atoms with Crippen molar-refractivity contribution in [3.63, 3.8) is 0 Å². The summed E-state index contributed by atoms with van der Waals surface area (Å²) in [6.45, 7) is 20.0. The Balaban J connectivity index is 0.00000414. The topological polar surface area (TPSA) is 74.3 Å². The number of hydrogen-bond acceptors (Lipinski definition) is 11. The monoisotopic (exact) mass is 815 g/mol. The highest BCUT2D eigenvalue weighted by atomic mass is 32.2. The lowest BCUT2D eigenvalue weighted by Crippen LogP contribution is -2.49. The van der Waals surface area contributed by atoms with Crippen LogP contribution in [-0.2, 0) is 39.3 Å². The lowest BCUT2D eigenvalue weighted by Gasteiger charge is -2.37. The first-order valence-corrected chi connectivity index (χ1v) is 20.6. The summed E-state index contributed by atoms with van der Waals surface area (Å²) in [6.07, 6.45) is -3.39. The number of halogens is 3. The number of methoxy groups -OCH3 is 4. The van der Waals surface area contributed by atoms with E-state index >= 15 is 0 Å². The second-order valence-electron chi connectivity index (χ2n) is 15.1. The van der Waals surface area contributed by atoms with Crippen LogP contribution < -0.4 is 4.90 Å². The molecule has 0 saturated carbocycles. The van der Waals surface area contributed by atoms with Crippen molar-refractivity contribution in [2.75, 3.05) is 112 Å². The summed E-state index contributed by atoms with van der Waals surface area (Å²) in [5, 5.41) is 0. The minimum atomic E-state index is -4.39. The van der Waals surface area contributed by atoms with Crippen molar-refractivity contribution in [2.45, 2.75) is 99.9 Å². The molecule has 0 spiro atoms. The molecule has 2 aromatic rings. The van der Waals surface area contributed by atoms with Crippen molar-refractivity contribution in [3.05, 3.63) is 48.0 Å². The van der Waals surface area contributed by atoms with E-state index in [1.165, 1.54) is 23.9 Å². The van der Waals surface area contributed by atoms with Gasteiger partial charge in [0, 0.05) is 77.5 Å². The van der Waals surface area contributed by atoms with Gasteiger partial charge in [0.05, 0.1) is 67.3 Å². The first-order chi connectivity index (χ1) is 26.7. The van der Waals surface area contributed by atoms with Crippen LogP contribution in [0.1, 0.15) is 59.9 Å². The third-order valence-corrected chi connectivity index (χ3v) is 11.5. The minimum absolute atomic E-state index is 0.0902. The van der Waals surface area contributed by atoms with Crippen LogP contribution in [-0.4, -0.2) is 147 Å². The van der Waals surface area contributed by atoms with Gasteiger partial charge in [-0.15, -0.1) is 0 Å². The fourth-order valence-electron chi connectivity index (χ4n) is 6.51. The minimum Gasteiger partial charge on any atom is -0.379 e. The smallest absolute Gasteiger partial charge is 0.379 e. The number of rotatable bonds is 23. The number of para-hydroxylation sites is 1. The summed E-state index contributed by atoms with van der Waals surface area (Å²) < 4.78 is 81.6. The Morgan fingerprint density at radius 3 is 1.95 bits per heavy atom. The molecule has 1 saturated heterocycles. The molecule has 3 atom stereocenters. The molecule has 2 aromatic carbocycles. The predicted molar refractivity (Wildman–Crippen MR) is 218 cm³/mol. The van der Waals surface area contributed by atoms with E-state index in [2.05, 4.69) is 14.7 Å². The number of nitrogens with zero attached hydrogens (tertiary/aromatic N) is 3. The number of alkyl halides is 3. The molecule has 56 heavy (non-hydrogen) atoms. The van der Waals surface area contributed by atoms with E-state index in [1.54, 1.807) is 34.5 Å². The van der Waals surface area contributed by atoms with Crippen LogP contribution in [0.4, 0.5) is 24.5 Å². The Morgan fingerprint density at radius 2 is 1.32 bits per heavy atom. The van der Waals surface area contributed by atoms with E-state index in [4.69, 9.17) is 33.2 Å². The maximum absolute atomic E-state index is 13.6. The number of piperazine rings is 1. The summed E-state index contributed by atoms with van der Waals surface area (Å²) in [7, 11) is 6.72. The van der Waals surface area contributed by atoms with E-state index < -0.39 is 17.3 Å². The van der Waals surface area contributed by atoms with E-state index in [1.807, 2.05) is 65.8 Å². The number of ether oxygens (including phenoxy) is 7. The fourth-order valence-corrected chi connectivity index (χ4v) is 7.58. The van der Waals surface area contributed by atoms with Crippen LogP contribution in [0.5, 0.6) is 0 Å². The van der Waals surface area contributed by atoms with Gasteiger partial charge in [0.25, 0.3) is 0 Å². The van der Waals surface area contributed by atoms with Crippen LogP contribution in [0, 0.1) is 0 Å². The van der Waals surface area contributed by atoms with E-state index in [-0.39, 0.29) is 23.9 Å². The molecule has 0 aliphatic carbocycles. The Morgan fingerprint density at radius 1 is 0.714 bits per heavy atom. The second kappa shape index (κ2) is 23.6. The molecule has 0 aromatic heterocycles. The van der Waals surface area contributed by atoms with Crippen LogP contribution in [0.15, 0.2) is 52.3 Å². The van der Waals surface area contributed by atoms with Gasteiger partial charge in [-0.2, -0.15) is 13.2 Å².